The Kier molecular flexibility index (Phi) is 2.90. The molecule has 0 aromatic carbocycles. The third-order valence-electron chi connectivity index (χ3n) is 2.56. The normalized spacial score (nSPS) is 23.2. The van der Waals surface area contributed by atoms with Gasteiger partial charge in [0.05, 0.1) is 6.10 Å². The average Bonchev–Trinajstić information content (AvgIpc) is 2.70. The second-order valence-electron chi connectivity index (χ2n) is 3.67. The van der Waals surface area contributed by atoms with Crippen molar-refractivity contribution in [2.45, 2.75) is 39.2 Å². The van der Waals surface area contributed by atoms with Crippen molar-refractivity contribution in [3.8, 4) is 0 Å². The Hall–Kier alpha value is -0.0800. The van der Waals surface area contributed by atoms with Gasteiger partial charge in [-0.15, -0.1) is 0 Å². The van der Waals surface area contributed by atoms with E-state index in [1.165, 1.54) is 12.8 Å². The zero-order chi connectivity index (χ0) is 8.32. The largest absolute Gasteiger partial charge is 0.379 e. The molecule has 2 heteroatoms. The van der Waals surface area contributed by atoms with Gasteiger partial charge in [0, 0.05) is 6.61 Å². The fourth-order valence-corrected chi connectivity index (χ4v) is 1.62. The van der Waals surface area contributed by atoms with E-state index in [0.717, 1.165) is 19.6 Å². The molecule has 2 nitrogen and oxygen atoms in total. The Bertz CT molecular complexity index is 121. The average molecular weight is 157 g/mol. The van der Waals surface area contributed by atoms with Crippen molar-refractivity contribution >= 4 is 0 Å². The molecule has 0 heterocycles. The quantitative estimate of drug-likeness (QED) is 0.657. The Balaban J connectivity index is 2.18. The minimum Gasteiger partial charge on any atom is -0.379 e. The molecule has 0 saturated heterocycles. The molecule has 0 aromatic heterocycles. The Labute approximate surface area is 69.1 Å². The van der Waals surface area contributed by atoms with Crippen molar-refractivity contribution in [1.29, 1.82) is 0 Å². The summed E-state index contributed by atoms with van der Waals surface area (Å²) in [5, 5.41) is 0. The van der Waals surface area contributed by atoms with Gasteiger partial charge >= 0.3 is 0 Å². The molecule has 0 aliphatic heterocycles. The highest BCUT2D eigenvalue weighted by atomic mass is 16.5. The van der Waals surface area contributed by atoms with Gasteiger partial charge in [0.1, 0.15) is 0 Å². The number of ether oxygens (including phenoxy) is 1. The summed E-state index contributed by atoms with van der Waals surface area (Å²) in [5.74, 6) is 0. The molecule has 1 atom stereocenters. The maximum atomic E-state index is 5.66. The topological polar surface area (TPSA) is 35.2 Å². The molecular formula is C9H19NO. The van der Waals surface area contributed by atoms with Crippen LogP contribution < -0.4 is 5.73 Å². The molecule has 1 rings (SSSR count). The van der Waals surface area contributed by atoms with Crippen LogP contribution in [0.5, 0.6) is 0 Å². The van der Waals surface area contributed by atoms with E-state index < -0.39 is 0 Å². The lowest BCUT2D eigenvalue weighted by molar-refractivity contribution is 0.0553. The Morgan fingerprint density at radius 3 is 2.55 bits per heavy atom. The highest BCUT2D eigenvalue weighted by Gasteiger charge is 2.41. The van der Waals surface area contributed by atoms with Gasteiger partial charge < -0.3 is 10.5 Å². The summed E-state index contributed by atoms with van der Waals surface area (Å²) in [7, 11) is 0. The standard InChI is InChI=1S/C9H19NO/c1-3-11-8(2)6-9(7-10)4-5-9/h8H,3-7,10H2,1-2H3. The zero-order valence-electron chi connectivity index (χ0n) is 7.60. The highest BCUT2D eigenvalue weighted by Crippen LogP contribution is 2.48. The third kappa shape index (κ3) is 2.46. The van der Waals surface area contributed by atoms with Gasteiger partial charge in [-0.25, -0.2) is 0 Å². The van der Waals surface area contributed by atoms with Crippen molar-refractivity contribution in [1.82, 2.24) is 0 Å². The van der Waals surface area contributed by atoms with Gasteiger partial charge in [-0.2, -0.15) is 0 Å². The lowest BCUT2D eigenvalue weighted by Crippen LogP contribution is -2.22. The molecule has 0 aromatic rings. The fraction of sp³-hybridized carbons (Fsp3) is 1.00. The first kappa shape index (κ1) is 9.01. The molecule has 0 radical (unpaired) electrons. The van der Waals surface area contributed by atoms with E-state index in [1.54, 1.807) is 0 Å². The van der Waals surface area contributed by atoms with Crippen molar-refractivity contribution in [3.05, 3.63) is 0 Å². The molecule has 1 aliphatic carbocycles. The van der Waals surface area contributed by atoms with E-state index in [-0.39, 0.29) is 0 Å². The van der Waals surface area contributed by atoms with Crippen LogP contribution in [0.15, 0.2) is 0 Å². The van der Waals surface area contributed by atoms with Crippen LogP contribution in [-0.2, 0) is 4.74 Å². The molecule has 1 fully saturated rings. The van der Waals surface area contributed by atoms with E-state index >= 15 is 0 Å². The van der Waals surface area contributed by atoms with Crippen LogP contribution in [0.25, 0.3) is 0 Å². The van der Waals surface area contributed by atoms with Crippen molar-refractivity contribution < 1.29 is 4.74 Å². The minimum atomic E-state index is 0.394. The predicted octanol–water partition coefficient (Wildman–Crippen LogP) is 1.54. The summed E-state index contributed by atoms with van der Waals surface area (Å²) in [4.78, 5) is 0. The van der Waals surface area contributed by atoms with Gasteiger partial charge in [-0.3, -0.25) is 0 Å². The number of hydrogen-bond acceptors (Lipinski definition) is 2. The molecule has 1 saturated carbocycles. The Morgan fingerprint density at radius 1 is 1.55 bits per heavy atom. The van der Waals surface area contributed by atoms with Crippen molar-refractivity contribution in [2.75, 3.05) is 13.2 Å². The molecule has 2 N–H and O–H groups in total. The van der Waals surface area contributed by atoms with Crippen LogP contribution in [0.4, 0.5) is 0 Å². The molecule has 1 aliphatic rings. The maximum Gasteiger partial charge on any atom is 0.0552 e. The summed E-state index contributed by atoms with van der Waals surface area (Å²) in [6.45, 7) is 5.84. The van der Waals surface area contributed by atoms with E-state index in [0.29, 0.717) is 11.5 Å². The van der Waals surface area contributed by atoms with Gasteiger partial charge in [0.25, 0.3) is 0 Å². The first-order valence-electron chi connectivity index (χ1n) is 4.54. The third-order valence-corrected chi connectivity index (χ3v) is 2.56. The molecule has 0 spiro atoms. The molecule has 11 heavy (non-hydrogen) atoms. The van der Waals surface area contributed by atoms with Crippen molar-refractivity contribution in [3.63, 3.8) is 0 Å². The lowest BCUT2D eigenvalue weighted by atomic mass is 10.00. The zero-order valence-corrected chi connectivity index (χ0v) is 7.60. The van der Waals surface area contributed by atoms with Crippen LogP contribution in [0.2, 0.25) is 0 Å². The van der Waals surface area contributed by atoms with Gasteiger partial charge in [-0.1, -0.05) is 0 Å². The molecule has 1 unspecified atom stereocenters. The van der Waals surface area contributed by atoms with Crippen molar-refractivity contribution in [2.24, 2.45) is 11.1 Å². The second kappa shape index (κ2) is 3.55. The summed E-state index contributed by atoms with van der Waals surface area (Å²) in [6.07, 6.45) is 4.16. The second-order valence-corrected chi connectivity index (χ2v) is 3.67. The van der Waals surface area contributed by atoms with Gasteiger partial charge in [0.2, 0.25) is 0 Å². The van der Waals surface area contributed by atoms with Crippen LogP contribution >= 0.6 is 0 Å². The number of rotatable bonds is 5. The number of hydrogen-bond donors (Lipinski definition) is 1. The Morgan fingerprint density at radius 2 is 2.18 bits per heavy atom. The minimum absolute atomic E-state index is 0.394. The lowest BCUT2D eigenvalue weighted by Gasteiger charge is -2.17. The predicted molar refractivity (Wildman–Crippen MR) is 46.4 cm³/mol. The number of nitrogens with two attached hydrogens (primary N) is 1. The van der Waals surface area contributed by atoms with Gasteiger partial charge in [-0.05, 0) is 45.1 Å². The SMILES string of the molecule is CCOC(C)CC1(CN)CC1. The van der Waals surface area contributed by atoms with E-state index in [1.807, 2.05) is 6.92 Å². The van der Waals surface area contributed by atoms with Crippen LogP contribution in [-0.4, -0.2) is 19.3 Å². The van der Waals surface area contributed by atoms with Crippen LogP contribution in [0.1, 0.15) is 33.1 Å². The van der Waals surface area contributed by atoms with E-state index in [9.17, 15) is 0 Å². The molecule has 66 valence electrons. The van der Waals surface area contributed by atoms with E-state index in [2.05, 4.69) is 6.92 Å². The summed E-state index contributed by atoms with van der Waals surface area (Å²) < 4.78 is 5.46. The molecule has 0 bridgehead atoms. The summed E-state index contributed by atoms with van der Waals surface area (Å²) in [5.41, 5.74) is 6.12. The molecule has 0 amide bonds. The van der Waals surface area contributed by atoms with Gasteiger partial charge in [0.15, 0.2) is 0 Å². The van der Waals surface area contributed by atoms with Crippen LogP contribution in [0.3, 0.4) is 0 Å². The fourth-order valence-electron chi connectivity index (χ4n) is 1.62. The van der Waals surface area contributed by atoms with E-state index in [4.69, 9.17) is 10.5 Å². The maximum absolute atomic E-state index is 5.66. The first-order valence-corrected chi connectivity index (χ1v) is 4.54. The molecular weight excluding hydrogens is 138 g/mol. The monoisotopic (exact) mass is 157 g/mol. The first-order chi connectivity index (χ1) is 5.22. The van der Waals surface area contributed by atoms with Crippen LogP contribution in [0, 0.1) is 5.41 Å². The highest BCUT2D eigenvalue weighted by molar-refractivity contribution is 4.94. The smallest absolute Gasteiger partial charge is 0.0552 e. The summed E-state index contributed by atoms with van der Waals surface area (Å²) in [6, 6.07) is 0. The summed E-state index contributed by atoms with van der Waals surface area (Å²) >= 11 is 0.